The number of amides is 1. The molecule has 0 aromatic carbocycles. The molecule has 1 fully saturated rings. The summed E-state index contributed by atoms with van der Waals surface area (Å²) in [5.74, 6) is 0.291. The van der Waals surface area contributed by atoms with Crippen LogP contribution in [0, 0.1) is 5.92 Å². The SMILES string of the molecule is CC(C)CCS(=O)(=O)N1CCCNC(=O)C1. The Labute approximate surface area is 97.2 Å². The molecule has 1 rings (SSSR count). The summed E-state index contributed by atoms with van der Waals surface area (Å²) >= 11 is 0. The second-order valence-corrected chi connectivity index (χ2v) is 6.62. The van der Waals surface area contributed by atoms with Gasteiger partial charge in [-0.15, -0.1) is 0 Å². The smallest absolute Gasteiger partial charge is 0.235 e. The van der Waals surface area contributed by atoms with Crippen LogP contribution >= 0.6 is 0 Å². The molecule has 1 amide bonds. The molecule has 1 aliphatic heterocycles. The summed E-state index contributed by atoms with van der Waals surface area (Å²) in [5, 5.41) is 2.67. The van der Waals surface area contributed by atoms with Crippen LogP contribution in [0.15, 0.2) is 0 Å². The van der Waals surface area contributed by atoms with Gasteiger partial charge in [-0.1, -0.05) is 13.8 Å². The van der Waals surface area contributed by atoms with Crippen molar-refractivity contribution in [3.63, 3.8) is 0 Å². The van der Waals surface area contributed by atoms with E-state index in [1.165, 1.54) is 4.31 Å². The zero-order valence-corrected chi connectivity index (χ0v) is 10.7. The maximum Gasteiger partial charge on any atom is 0.235 e. The molecule has 0 aliphatic carbocycles. The first kappa shape index (κ1) is 13.4. The third kappa shape index (κ3) is 4.09. The fourth-order valence-electron chi connectivity index (χ4n) is 1.53. The maximum atomic E-state index is 11.9. The van der Waals surface area contributed by atoms with Crippen LogP contribution in [0.25, 0.3) is 0 Å². The lowest BCUT2D eigenvalue weighted by atomic mass is 10.2. The highest BCUT2D eigenvalue weighted by Gasteiger charge is 2.25. The Morgan fingerprint density at radius 1 is 1.44 bits per heavy atom. The molecule has 0 aromatic heterocycles. The van der Waals surface area contributed by atoms with Gasteiger partial charge in [0.2, 0.25) is 15.9 Å². The third-order valence-corrected chi connectivity index (χ3v) is 4.42. The van der Waals surface area contributed by atoms with E-state index in [4.69, 9.17) is 0 Å². The second kappa shape index (κ2) is 5.63. The third-order valence-electron chi connectivity index (χ3n) is 2.57. The second-order valence-electron chi connectivity index (χ2n) is 4.54. The number of carbonyl (C=O) groups is 1. The number of carbonyl (C=O) groups excluding carboxylic acids is 1. The van der Waals surface area contributed by atoms with E-state index in [1.807, 2.05) is 13.8 Å². The zero-order chi connectivity index (χ0) is 12.2. The van der Waals surface area contributed by atoms with Gasteiger partial charge >= 0.3 is 0 Å². The van der Waals surface area contributed by atoms with E-state index in [-0.39, 0.29) is 18.2 Å². The minimum absolute atomic E-state index is 0.0274. The Bertz CT molecular complexity index is 338. The van der Waals surface area contributed by atoms with Crippen LogP contribution in [0.2, 0.25) is 0 Å². The molecule has 0 spiro atoms. The molecule has 1 heterocycles. The van der Waals surface area contributed by atoms with E-state index in [9.17, 15) is 13.2 Å². The molecule has 1 aliphatic rings. The number of rotatable bonds is 4. The Morgan fingerprint density at radius 2 is 2.12 bits per heavy atom. The molecule has 0 saturated carbocycles. The highest BCUT2D eigenvalue weighted by Crippen LogP contribution is 2.09. The van der Waals surface area contributed by atoms with Crippen molar-refractivity contribution < 1.29 is 13.2 Å². The quantitative estimate of drug-likeness (QED) is 0.772. The molecular formula is C10H20N2O3S. The standard InChI is InChI=1S/C10H20N2O3S/c1-9(2)4-7-16(14,15)12-6-3-5-11-10(13)8-12/h9H,3-8H2,1-2H3,(H,11,13). The lowest BCUT2D eigenvalue weighted by Crippen LogP contribution is -2.38. The van der Waals surface area contributed by atoms with Gasteiger partial charge < -0.3 is 5.32 Å². The van der Waals surface area contributed by atoms with Crippen molar-refractivity contribution in [2.45, 2.75) is 26.7 Å². The molecule has 0 unspecified atom stereocenters. The minimum Gasteiger partial charge on any atom is -0.355 e. The normalized spacial score (nSPS) is 19.6. The Kier molecular flexibility index (Phi) is 4.73. The number of sulfonamides is 1. The molecule has 0 radical (unpaired) electrons. The minimum atomic E-state index is -3.26. The summed E-state index contributed by atoms with van der Waals surface area (Å²) in [6.45, 7) is 4.96. The largest absolute Gasteiger partial charge is 0.355 e. The molecule has 94 valence electrons. The average molecular weight is 248 g/mol. The predicted octanol–water partition coefficient (Wildman–Crippen LogP) is 0.184. The van der Waals surface area contributed by atoms with Crippen LogP contribution in [0.1, 0.15) is 26.7 Å². The first-order valence-corrected chi connectivity index (χ1v) is 7.27. The summed E-state index contributed by atoms with van der Waals surface area (Å²) in [5.41, 5.74) is 0. The lowest BCUT2D eigenvalue weighted by Gasteiger charge is -2.19. The predicted molar refractivity (Wildman–Crippen MR) is 62.4 cm³/mol. The van der Waals surface area contributed by atoms with E-state index >= 15 is 0 Å². The van der Waals surface area contributed by atoms with Crippen molar-refractivity contribution in [1.82, 2.24) is 9.62 Å². The van der Waals surface area contributed by atoms with Crippen LogP contribution < -0.4 is 5.32 Å². The molecule has 16 heavy (non-hydrogen) atoms. The highest BCUT2D eigenvalue weighted by molar-refractivity contribution is 7.89. The summed E-state index contributed by atoms with van der Waals surface area (Å²) in [7, 11) is -3.26. The Balaban J connectivity index is 2.62. The van der Waals surface area contributed by atoms with Crippen molar-refractivity contribution in [2.75, 3.05) is 25.4 Å². The maximum absolute atomic E-state index is 11.9. The molecule has 5 nitrogen and oxygen atoms in total. The fourth-order valence-corrected chi connectivity index (χ4v) is 3.28. The average Bonchev–Trinajstić information content (AvgIpc) is 2.40. The lowest BCUT2D eigenvalue weighted by molar-refractivity contribution is -0.120. The van der Waals surface area contributed by atoms with Crippen molar-refractivity contribution >= 4 is 15.9 Å². The molecule has 0 bridgehead atoms. The highest BCUT2D eigenvalue weighted by atomic mass is 32.2. The zero-order valence-electron chi connectivity index (χ0n) is 9.90. The van der Waals surface area contributed by atoms with E-state index in [1.54, 1.807) is 0 Å². The van der Waals surface area contributed by atoms with Crippen molar-refractivity contribution in [3.8, 4) is 0 Å². The number of nitrogens with one attached hydrogen (secondary N) is 1. The molecule has 1 N–H and O–H groups in total. The molecular weight excluding hydrogens is 228 g/mol. The van der Waals surface area contributed by atoms with Gasteiger partial charge in [-0.3, -0.25) is 4.79 Å². The van der Waals surface area contributed by atoms with Crippen molar-refractivity contribution in [3.05, 3.63) is 0 Å². The summed E-state index contributed by atoms with van der Waals surface area (Å²) in [4.78, 5) is 11.3. The monoisotopic (exact) mass is 248 g/mol. The van der Waals surface area contributed by atoms with E-state index in [0.29, 0.717) is 31.8 Å². The van der Waals surface area contributed by atoms with Crippen LogP contribution in [-0.2, 0) is 14.8 Å². The van der Waals surface area contributed by atoms with Gasteiger partial charge in [-0.25, -0.2) is 8.42 Å². The van der Waals surface area contributed by atoms with E-state index in [0.717, 1.165) is 0 Å². The van der Waals surface area contributed by atoms with Gasteiger partial charge in [-0.05, 0) is 18.8 Å². The Morgan fingerprint density at radius 3 is 2.75 bits per heavy atom. The van der Waals surface area contributed by atoms with Crippen molar-refractivity contribution in [2.24, 2.45) is 5.92 Å². The van der Waals surface area contributed by atoms with Crippen LogP contribution in [0.3, 0.4) is 0 Å². The van der Waals surface area contributed by atoms with E-state index in [2.05, 4.69) is 5.32 Å². The fraction of sp³-hybridized carbons (Fsp3) is 0.900. The van der Waals surface area contributed by atoms with Gasteiger partial charge in [0.1, 0.15) is 0 Å². The van der Waals surface area contributed by atoms with Crippen LogP contribution in [-0.4, -0.2) is 44.0 Å². The topological polar surface area (TPSA) is 66.5 Å². The first-order valence-electron chi connectivity index (χ1n) is 5.66. The number of hydrogen-bond acceptors (Lipinski definition) is 3. The van der Waals surface area contributed by atoms with Crippen LogP contribution in [0.4, 0.5) is 0 Å². The van der Waals surface area contributed by atoms with Gasteiger partial charge in [0.05, 0.1) is 12.3 Å². The van der Waals surface area contributed by atoms with Gasteiger partial charge in [0.25, 0.3) is 0 Å². The van der Waals surface area contributed by atoms with Gasteiger partial charge in [0, 0.05) is 13.1 Å². The molecule has 0 atom stereocenters. The Hall–Kier alpha value is -0.620. The molecule has 1 saturated heterocycles. The first-order chi connectivity index (χ1) is 7.42. The van der Waals surface area contributed by atoms with Crippen LogP contribution in [0.5, 0.6) is 0 Å². The summed E-state index contributed by atoms with van der Waals surface area (Å²) in [6, 6.07) is 0. The summed E-state index contributed by atoms with van der Waals surface area (Å²) < 4.78 is 25.2. The van der Waals surface area contributed by atoms with Crippen molar-refractivity contribution in [1.29, 1.82) is 0 Å². The number of hydrogen-bond donors (Lipinski definition) is 1. The molecule has 0 aromatic rings. The molecule has 6 heteroatoms. The van der Waals surface area contributed by atoms with E-state index < -0.39 is 10.0 Å². The summed E-state index contributed by atoms with van der Waals surface area (Å²) in [6.07, 6.45) is 1.33. The number of nitrogens with zero attached hydrogens (tertiary/aromatic N) is 1. The van der Waals surface area contributed by atoms with Gasteiger partial charge in [-0.2, -0.15) is 4.31 Å². The van der Waals surface area contributed by atoms with Gasteiger partial charge in [0.15, 0.2) is 0 Å².